The Bertz CT molecular complexity index is 378. The van der Waals surface area contributed by atoms with Gasteiger partial charge in [-0.2, -0.15) is 0 Å². The second-order valence-corrected chi connectivity index (χ2v) is 3.26. The van der Waals surface area contributed by atoms with Crippen molar-refractivity contribution < 1.29 is 14.8 Å². The maximum absolute atomic E-state index is 11.5. The molecule has 3 N–H and O–H groups in total. The van der Waals surface area contributed by atoms with E-state index in [0.29, 0.717) is 12.1 Å². The van der Waals surface area contributed by atoms with Crippen LogP contribution in [0.2, 0.25) is 0 Å². The highest BCUT2D eigenvalue weighted by molar-refractivity contribution is 6.60. The molecule has 14 heavy (non-hydrogen) atoms. The van der Waals surface area contributed by atoms with Gasteiger partial charge in [0.1, 0.15) is 0 Å². The Hall–Kier alpha value is -1.33. The maximum Gasteiger partial charge on any atom is 0.489 e. The van der Waals surface area contributed by atoms with Gasteiger partial charge in [-0.05, 0) is 17.4 Å². The summed E-state index contributed by atoms with van der Waals surface area (Å²) in [5.74, 6) is -0.227. The van der Waals surface area contributed by atoms with Crippen molar-refractivity contribution in [2.45, 2.75) is 6.42 Å². The first kappa shape index (κ1) is 9.24. The van der Waals surface area contributed by atoms with Gasteiger partial charge in [-0.1, -0.05) is 18.2 Å². The molecule has 1 heterocycles. The minimum absolute atomic E-state index is 0.227. The molecule has 0 radical (unpaired) electrons. The van der Waals surface area contributed by atoms with E-state index in [1.807, 2.05) is 6.07 Å². The second kappa shape index (κ2) is 3.44. The third kappa shape index (κ3) is 1.40. The van der Waals surface area contributed by atoms with Gasteiger partial charge in [0, 0.05) is 12.1 Å². The molecule has 0 fully saturated rings. The first-order valence-electron chi connectivity index (χ1n) is 4.46. The minimum atomic E-state index is -1.59. The van der Waals surface area contributed by atoms with Crippen molar-refractivity contribution in [2.75, 3.05) is 6.54 Å². The molecule has 2 rings (SSSR count). The van der Waals surface area contributed by atoms with Crippen LogP contribution in [0.1, 0.15) is 15.9 Å². The summed E-state index contributed by atoms with van der Waals surface area (Å²) < 4.78 is 0. The number of amides is 1. The van der Waals surface area contributed by atoms with Gasteiger partial charge < -0.3 is 15.4 Å². The van der Waals surface area contributed by atoms with Crippen molar-refractivity contribution >= 4 is 18.5 Å². The Kier molecular flexibility index (Phi) is 2.27. The summed E-state index contributed by atoms with van der Waals surface area (Å²) in [6, 6.07) is 5.11. The van der Waals surface area contributed by atoms with Crippen LogP contribution >= 0.6 is 0 Å². The number of benzene rings is 1. The standard InChI is InChI=1S/C9H10BNO3/c12-9-8-6(4-5-11-9)2-1-3-7(8)10(13)14/h1-3,13-14H,4-5H2,(H,11,12). The van der Waals surface area contributed by atoms with Crippen LogP contribution in [0.4, 0.5) is 0 Å². The number of rotatable bonds is 1. The van der Waals surface area contributed by atoms with Gasteiger partial charge in [-0.15, -0.1) is 0 Å². The molecule has 0 bridgehead atoms. The van der Waals surface area contributed by atoms with Gasteiger partial charge in [-0.25, -0.2) is 0 Å². The summed E-state index contributed by atoms with van der Waals surface area (Å²) >= 11 is 0. The first-order valence-corrected chi connectivity index (χ1v) is 4.46. The lowest BCUT2D eigenvalue weighted by Gasteiger charge is -2.19. The van der Waals surface area contributed by atoms with Gasteiger partial charge >= 0.3 is 7.12 Å². The van der Waals surface area contributed by atoms with Crippen LogP contribution in [-0.2, 0) is 6.42 Å². The topological polar surface area (TPSA) is 69.6 Å². The van der Waals surface area contributed by atoms with Crippen molar-refractivity contribution in [3.8, 4) is 0 Å². The summed E-state index contributed by atoms with van der Waals surface area (Å²) in [7, 11) is -1.59. The summed E-state index contributed by atoms with van der Waals surface area (Å²) in [6.07, 6.45) is 0.738. The normalized spacial score (nSPS) is 14.6. The Morgan fingerprint density at radius 1 is 1.36 bits per heavy atom. The predicted molar refractivity (Wildman–Crippen MR) is 52.3 cm³/mol. The van der Waals surface area contributed by atoms with Crippen LogP contribution in [-0.4, -0.2) is 29.6 Å². The van der Waals surface area contributed by atoms with Crippen molar-refractivity contribution in [3.05, 3.63) is 29.3 Å². The van der Waals surface area contributed by atoms with Crippen LogP contribution in [0.15, 0.2) is 18.2 Å². The van der Waals surface area contributed by atoms with Crippen molar-refractivity contribution in [3.63, 3.8) is 0 Å². The zero-order valence-corrected chi connectivity index (χ0v) is 7.53. The van der Waals surface area contributed by atoms with E-state index in [9.17, 15) is 4.79 Å². The van der Waals surface area contributed by atoms with E-state index < -0.39 is 7.12 Å². The SMILES string of the molecule is O=C1NCCc2cccc(B(O)O)c21. The lowest BCUT2D eigenvalue weighted by atomic mass is 9.74. The Morgan fingerprint density at radius 2 is 2.14 bits per heavy atom. The van der Waals surface area contributed by atoms with Gasteiger partial charge in [0.05, 0.1) is 0 Å². The van der Waals surface area contributed by atoms with Crippen LogP contribution in [0.25, 0.3) is 0 Å². The number of fused-ring (bicyclic) bond motifs is 1. The lowest BCUT2D eigenvalue weighted by molar-refractivity contribution is 0.0946. The molecule has 1 aromatic rings. The molecule has 1 amide bonds. The number of carbonyl (C=O) groups excluding carboxylic acids is 1. The molecular weight excluding hydrogens is 181 g/mol. The van der Waals surface area contributed by atoms with Crippen molar-refractivity contribution in [1.29, 1.82) is 0 Å². The lowest BCUT2D eigenvalue weighted by Crippen LogP contribution is -2.42. The van der Waals surface area contributed by atoms with E-state index in [0.717, 1.165) is 12.0 Å². The highest BCUT2D eigenvalue weighted by atomic mass is 16.4. The van der Waals surface area contributed by atoms with E-state index in [4.69, 9.17) is 10.0 Å². The molecule has 0 saturated heterocycles. The molecule has 1 aromatic carbocycles. The second-order valence-electron chi connectivity index (χ2n) is 3.26. The summed E-state index contributed by atoms with van der Waals surface area (Å²) in [4.78, 5) is 11.5. The average Bonchev–Trinajstić information content (AvgIpc) is 2.17. The monoisotopic (exact) mass is 191 g/mol. The van der Waals surface area contributed by atoms with E-state index in [1.165, 1.54) is 0 Å². The van der Waals surface area contributed by atoms with E-state index in [1.54, 1.807) is 12.1 Å². The molecule has 4 nitrogen and oxygen atoms in total. The molecule has 0 aromatic heterocycles. The Morgan fingerprint density at radius 3 is 2.86 bits per heavy atom. The van der Waals surface area contributed by atoms with Crippen molar-refractivity contribution in [1.82, 2.24) is 5.32 Å². The van der Waals surface area contributed by atoms with Crippen LogP contribution < -0.4 is 10.8 Å². The third-order valence-corrected chi connectivity index (χ3v) is 2.37. The fraction of sp³-hybridized carbons (Fsp3) is 0.222. The number of carbonyl (C=O) groups is 1. The zero-order valence-electron chi connectivity index (χ0n) is 7.53. The molecule has 0 unspecified atom stereocenters. The van der Waals surface area contributed by atoms with Gasteiger partial charge in [-0.3, -0.25) is 4.79 Å². The largest absolute Gasteiger partial charge is 0.489 e. The molecule has 0 spiro atoms. The molecule has 0 saturated carbocycles. The smallest absolute Gasteiger partial charge is 0.423 e. The molecular formula is C9H10BNO3. The molecule has 1 aliphatic rings. The molecule has 0 aliphatic carbocycles. The highest BCUT2D eigenvalue weighted by Gasteiger charge is 2.25. The predicted octanol–water partition coefficient (Wildman–Crippen LogP) is -1.35. The van der Waals surface area contributed by atoms with Gasteiger partial charge in [0.15, 0.2) is 0 Å². The third-order valence-electron chi connectivity index (χ3n) is 2.37. The number of nitrogens with one attached hydrogen (secondary N) is 1. The van der Waals surface area contributed by atoms with E-state index in [2.05, 4.69) is 5.32 Å². The summed E-state index contributed by atoms with van der Waals surface area (Å²) in [5.41, 5.74) is 1.56. The fourth-order valence-electron chi connectivity index (χ4n) is 1.72. The summed E-state index contributed by atoms with van der Waals surface area (Å²) in [5, 5.41) is 20.8. The summed E-state index contributed by atoms with van der Waals surface area (Å²) in [6.45, 7) is 0.608. The highest BCUT2D eigenvalue weighted by Crippen LogP contribution is 2.11. The molecule has 5 heteroatoms. The molecule has 72 valence electrons. The van der Waals surface area contributed by atoms with Crippen LogP contribution in [0.3, 0.4) is 0 Å². The van der Waals surface area contributed by atoms with E-state index in [-0.39, 0.29) is 11.4 Å². The average molecular weight is 191 g/mol. The first-order chi connectivity index (χ1) is 6.70. The Labute approximate surface area is 81.7 Å². The van der Waals surface area contributed by atoms with Crippen LogP contribution in [0, 0.1) is 0 Å². The maximum atomic E-state index is 11.5. The fourth-order valence-corrected chi connectivity index (χ4v) is 1.72. The zero-order chi connectivity index (χ0) is 10.1. The minimum Gasteiger partial charge on any atom is -0.423 e. The van der Waals surface area contributed by atoms with Crippen molar-refractivity contribution in [2.24, 2.45) is 0 Å². The van der Waals surface area contributed by atoms with Crippen LogP contribution in [0.5, 0.6) is 0 Å². The van der Waals surface area contributed by atoms with Gasteiger partial charge in [0.25, 0.3) is 5.91 Å². The van der Waals surface area contributed by atoms with Gasteiger partial charge in [0.2, 0.25) is 0 Å². The quantitative estimate of drug-likeness (QED) is 0.481. The Balaban J connectivity index is 2.57. The van der Waals surface area contributed by atoms with E-state index >= 15 is 0 Å². The molecule has 1 aliphatic heterocycles. The number of hydrogen-bond acceptors (Lipinski definition) is 3. The molecule has 0 atom stereocenters. The number of hydrogen-bond donors (Lipinski definition) is 3.